The lowest BCUT2D eigenvalue weighted by Crippen LogP contribution is -2.11. The Morgan fingerprint density at radius 1 is 1.29 bits per heavy atom. The molecular weight excluding hydrogens is 302 g/mol. The molecule has 0 fully saturated rings. The topological polar surface area (TPSA) is 37.8 Å². The smallest absolute Gasteiger partial charge is 0.137 e. The monoisotopic (exact) mass is 323 g/mol. The summed E-state index contributed by atoms with van der Waals surface area (Å²) in [6.45, 7) is 10.5. The average molecular weight is 324 g/mol. The zero-order chi connectivity index (χ0) is 15.6. The molecule has 1 atom stereocenters. The largest absolute Gasteiger partial charge is 0.363 e. The summed E-state index contributed by atoms with van der Waals surface area (Å²) in [5, 5.41) is 4.03. The third kappa shape index (κ3) is 3.74. The van der Waals surface area contributed by atoms with Crippen LogP contribution in [0.25, 0.3) is 0 Å². The number of halogens is 1. The van der Waals surface area contributed by atoms with E-state index in [0.29, 0.717) is 5.15 Å². The number of hydrogen-bond donors (Lipinski definition) is 1. The predicted octanol–water partition coefficient (Wildman–Crippen LogP) is 5.24. The number of aryl methyl sites for hydroxylation is 3. The van der Waals surface area contributed by atoms with Crippen molar-refractivity contribution in [1.82, 2.24) is 9.97 Å². The van der Waals surface area contributed by atoms with Gasteiger partial charge in [0.2, 0.25) is 0 Å². The quantitative estimate of drug-likeness (QED) is 0.764. The Kier molecular flexibility index (Phi) is 5.22. The van der Waals surface area contributed by atoms with Gasteiger partial charge in [-0.25, -0.2) is 9.97 Å². The van der Waals surface area contributed by atoms with Gasteiger partial charge in [-0.3, -0.25) is 0 Å². The molecule has 0 spiro atoms. The molecule has 2 aromatic rings. The van der Waals surface area contributed by atoms with Crippen molar-refractivity contribution in [2.45, 2.75) is 53.5 Å². The summed E-state index contributed by atoms with van der Waals surface area (Å²) in [5.41, 5.74) is 2.23. The van der Waals surface area contributed by atoms with Crippen LogP contribution in [0.5, 0.6) is 0 Å². The molecule has 0 aliphatic rings. The minimum absolute atomic E-state index is 0.203. The van der Waals surface area contributed by atoms with Crippen LogP contribution in [0, 0.1) is 20.8 Å². The fourth-order valence-corrected chi connectivity index (χ4v) is 3.58. The normalized spacial score (nSPS) is 12.5. The molecule has 0 amide bonds. The summed E-state index contributed by atoms with van der Waals surface area (Å²) in [5.74, 6) is 1.65. The standard InChI is InChI=1S/C16H22ClN3S/c1-6-7-14-19-15(17)10(3)16(20-14)18-11(4)13-8-9(2)21-12(13)5/h8,11H,6-7H2,1-5H3,(H,18,19,20). The molecule has 0 aliphatic heterocycles. The van der Waals surface area contributed by atoms with Crippen LogP contribution in [0.15, 0.2) is 6.07 Å². The zero-order valence-corrected chi connectivity index (χ0v) is 14.8. The van der Waals surface area contributed by atoms with Crippen LogP contribution >= 0.6 is 22.9 Å². The molecule has 0 radical (unpaired) electrons. The Morgan fingerprint density at radius 3 is 2.57 bits per heavy atom. The summed E-state index contributed by atoms with van der Waals surface area (Å²) in [7, 11) is 0. The molecule has 3 nitrogen and oxygen atoms in total. The minimum Gasteiger partial charge on any atom is -0.363 e. The molecule has 2 rings (SSSR count). The van der Waals surface area contributed by atoms with Crippen LogP contribution in [-0.4, -0.2) is 9.97 Å². The molecular formula is C16H22ClN3S. The zero-order valence-electron chi connectivity index (χ0n) is 13.2. The summed E-state index contributed by atoms with van der Waals surface area (Å²) in [4.78, 5) is 11.6. The molecule has 2 aromatic heterocycles. The third-order valence-electron chi connectivity index (χ3n) is 3.51. The Labute approximate surface area is 135 Å². The van der Waals surface area contributed by atoms with Crippen molar-refractivity contribution in [2.24, 2.45) is 0 Å². The van der Waals surface area contributed by atoms with E-state index in [-0.39, 0.29) is 6.04 Å². The Bertz CT molecular complexity index is 637. The maximum absolute atomic E-state index is 6.23. The van der Waals surface area contributed by atoms with Gasteiger partial charge in [0.05, 0.1) is 6.04 Å². The third-order valence-corrected chi connectivity index (χ3v) is 4.86. The second-order valence-electron chi connectivity index (χ2n) is 5.39. The van der Waals surface area contributed by atoms with Gasteiger partial charge in [-0.2, -0.15) is 0 Å². The Hall–Kier alpha value is -1.13. The highest BCUT2D eigenvalue weighted by atomic mass is 35.5. The fourth-order valence-electron chi connectivity index (χ4n) is 2.37. The highest BCUT2D eigenvalue weighted by molar-refractivity contribution is 7.12. The van der Waals surface area contributed by atoms with E-state index in [2.05, 4.69) is 49.0 Å². The SMILES string of the molecule is CCCc1nc(Cl)c(C)c(NC(C)c2cc(C)sc2C)n1. The molecule has 0 bridgehead atoms. The van der Waals surface area contributed by atoms with E-state index < -0.39 is 0 Å². The first-order valence-electron chi connectivity index (χ1n) is 7.28. The van der Waals surface area contributed by atoms with E-state index >= 15 is 0 Å². The van der Waals surface area contributed by atoms with Gasteiger partial charge in [-0.05, 0) is 45.7 Å². The predicted molar refractivity (Wildman–Crippen MR) is 91.6 cm³/mol. The van der Waals surface area contributed by atoms with Gasteiger partial charge >= 0.3 is 0 Å². The number of thiophene rings is 1. The number of nitrogens with one attached hydrogen (secondary N) is 1. The molecule has 0 saturated heterocycles. The van der Waals surface area contributed by atoms with Crippen LogP contribution in [-0.2, 0) is 6.42 Å². The van der Waals surface area contributed by atoms with Crippen LogP contribution < -0.4 is 5.32 Å². The van der Waals surface area contributed by atoms with E-state index in [1.807, 2.05) is 18.3 Å². The summed E-state index contributed by atoms with van der Waals surface area (Å²) in [6.07, 6.45) is 1.86. The second kappa shape index (κ2) is 6.75. The lowest BCUT2D eigenvalue weighted by Gasteiger charge is -2.17. The van der Waals surface area contributed by atoms with Gasteiger partial charge in [0.1, 0.15) is 16.8 Å². The summed E-state index contributed by atoms with van der Waals surface area (Å²) in [6, 6.07) is 2.44. The molecule has 2 heterocycles. The molecule has 114 valence electrons. The molecule has 0 aliphatic carbocycles. The Balaban J connectivity index is 2.28. The molecule has 21 heavy (non-hydrogen) atoms. The average Bonchev–Trinajstić information content (AvgIpc) is 2.75. The summed E-state index contributed by atoms with van der Waals surface area (Å²) >= 11 is 8.06. The maximum atomic E-state index is 6.23. The van der Waals surface area contributed by atoms with Crippen molar-refractivity contribution >= 4 is 28.8 Å². The second-order valence-corrected chi connectivity index (χ2v) is 7.21. The van der Waals surface area contributed by atoms with Crippen molar-refractivity contribution in [2.75, 3.05) is 5.32 Å². The molecule has 5 heteroatoms. The first-order chi connectivity index (χ1) is 9.92. The number of anilines is 1. The molecule has 1 unspecified atom stereocenters. The van der Waals surface area contributed by atoms with Gasteiger partial charge < -0.3 is 5.32 Å². The number of aromatic nitrogens is 2. The highest BCUT2D eigenvalue weighted by Crippen LogP contribution is 2.30. The van der Waals surface area contributed by atoms with E-state index in [4.69, 9.17) is 11.6 Å². The van der Waals surface area contributed by atoms with Crippen LogP contribution in [0.1, 0.15) is 53.0 Å². The van der Waals surface area contributed by atoms with Gasteiger partial charge in [0.25, 0.3) is 0 Å². The summed E-state index contributed by atoms with van der Waals surface area (Å²) < 4.78 is 0. The van der Waals surface area contributed by atoms with E-state index in [1.165, 1.54) is 15.3 Å². The van der Waals surface area contributed by atoms with E-state index in [1.54, 1.807) is 0 Å². The number of rotatable bonds is 5. The van der Waals surface area contributed by atoms with Crippen molar-refractivity contribution in [3.8, 4) is 0 Å². The number of nitrogens with zero attached hydrogens (tertiary/aromatic N) is 2. The minimum atomic E-state index is 0.203. The molecule has 0 aromatic carbocycles. The maximum Gasteiger partial charge on any atom is 0.137 e. The first-order valence-corrected chi connectivity index (χ1v) is 8.48. The van der Waals surface area contributed by atoms with Gasteiger partial charge in [0.15, 0.2) is 0 Å². The van der Waals surface area contributed by atoms with Crippen molar-refractivity contribution in [1.29, 1.82) is 0 Å². The lowest BCUT2D eigenvalue weighted by molar-refractivity contribution is 0.813. The Morgan fingerprint density at radius 2 is 2.00 bits per heavy atom. The van der Waals surface area contributed by atoms with Crippen LogP contribution in [0.3, 0.4) is 0 Å². The molecule has 0 saturated carbocycles. The molecule has 1 N–H and O–H groups in total. The highest BCUT2D eigenvalue weighted by Gasteiger charge is 2.15. The van der Waals surface area contributed by atoms with E-state index in [0.717, 1.165) is 30.0 Å². The van der Waals surface area contributed by atoms with E-state index in [9.17, 15) is 0 Å². The van der Waals surface area contributed by atoms with Crippen molar-refractivity contribution in [3.05, 3.63) is 37.9 Å². The van der Waals surface area contributed by atoms with Crippen molar-refractivity contribution < 1.29 is 0 Å². The lowest BCUT2D eigenvalue weighted by atomic mass is 10.1. The first kappa shape index (κ1) is 16.2. The van der Waals surface area contributed by atoms with Gasteiger partial charge in [-0.15, -0.1) is 11.3 Å². The fraction of sp³-hybridized carbons (Fsp3) is 0.500. The van der Waals surface area contributed by atoms with Gasteiger partial charge in [-0.1, -0.05) is 18.5 Å². The van der Waals surface area contributed by atoms with Crippen molar-refractivity contribution in [3.63, 3.8) is 0 Å². The van der Waals surface area contributed by atoms with Crippen LogP contribution in [0.2, 0.25) is 5.15 Å². The van der Waals surface area contributed by atoms with Crippen LogP contribution in [0.4, 0.5) is 5.82 Å². The van der Waals surface area contributed by atoms with Gasteiger partial charge in [0, 0.05) is 21.7 Å². The number of hydrogen-bond acceptors (Lipinski definition) is 4.